The molecule has 0 saturated carbocycles. The second kappa shape index (κ2) is 7.47. The van der Waals surface area contributed by atoms with Crippen LogP contribution >= 0.6 is 27.7 Å². The molecule has 0 radical (unpaired) electrons. The number of rotatable bonds is 3. The first-order valence-electron chi connectivity index (χ1n) is 7.57. The van der Waals surface area contributed by atoms with Crippen LogP contribution in [0.2, 0.25) is 0 Å². The molecule has 1 aromatic heterocycles. The van der Waals surface area contributed by atoms with Crippen molar-refractivity contribution in [2.45, 2.75) is 28.8 Å². The highest BCUT2D eigenvalue weighted by Gasteiger charge is 2.22. The van der Waals surface area contributed by atoms with Gasteiger partial charge in [-0.15, -0.1) is 0 Å². The van der Waals surface area contributed by atoms with E-state index in [1.165, 1.54) is 0 Å². The standard InChI is InChI=1S/C17H18BrN3OS/c18-12-3-1-4-14(11-12)23-16-6-2-5-15(20-16)17(22)21-9-7-13(19)8-10-21/h1-6,11,13H,7-10,19H2. The Morgan fingerprint density at radius 1 is 1.22 bits per heavy atom. The number of nitrogens with two attached hydrogens (primary N) is 1. The predicted molar refractivity (Wildman–Crippen MR) is 95.6 cm³/mol. The van der Waals surface area contributed by atoms with E-state index in [4.69, 9.17) is 5.73 Å². The summed E-state index contributed by atoms with van der Waals surface area (Å²) in [4.78, 5) is 20.0. The van der Waals surface area contributed by atoms with Crippen LogP contribution in [0.3, 0.4) is 0 Å². The number of likely N-dealkylation sites (tertiary alicyclic amines) is 1. The van der Waals surface area contributed by atoms with Gasteiger partial charge in [0.15, 0.2) is 0 Å². The van der Waals surface area contributed by atoms with Crippen molar-refractivity contribution in [1.82, 2.24) is 9.88 Å². The first-order chi connectivity index (χ1) is 11.1. The number of piperidine rings is 1. The van der Waals surface area contributed by atoms with Gasteiger partial charge in [0.1, 0.15) is 10.7 Å². The normalized spacial score (nSPS) is 15.7. The number of carbonyl (C=O) groups excluding carboxylic acids is 1. The second-order valence-electron chi connectivity index (χ2n) is 5.55. The number of aromatic nitrogens is 1. The van der Waals surface area contributed by atoms with E-state index in [-0.39, 0.29) is 11.9 Å². The van der Waals surface area contributed by atoms with Crippen LogP contribution in [0.4, 0.5) is 0 Å². The van der Waals surface area contributed by atoms with Crippen molar-refractivity contribution in [3.05, 3.63) is 52.6 Å². The topological polar surface area (TPSA) is 59.2 Å². The smallest absolute Gasteiger partial charge is 0.272 e. The highest BCUT2D eigenvalue weighted by Crippen LogP contribution is 2.28. The molecule has 2 heterocycles. The van der Waals surface area contributed by atoms with Crippen LogP contribution in [0.25, 0.3) is 0 Å². The fourth-order valence-corrected chi connectivity index (χ4v) is 3.92. The van der Waals surface area contributed by atoms with Crippen LogP contribution in [-0.4, -0.2) is 34.9 Å². The third kappa shape index (κ3) is 4.34. The average molecular weight is 392 g/mol. The molecule has 1 aliphatic rings. The Hall–Kier alpha value is -1.37. The molecule has 0 unspecified atom stereocenters. The molecule has 120 valence electrons. The fraction of sp³-hybridized carbons (Fsp3) is 0.294. The number of hydrogen-bond acceptors (Lipinski definition) is 4. The molecular weight excluding hydrogens is 374 g/mol. The van der Waals surface area contributed by atoms with E-state index in [1.807, 2.05) is 41.3 Å². The first-order valence-corrected chi connectivity index (χ1v) is 9.18. The lowest BCUT2D eigenvalue weighted by atomic mass is 10.1. The van der Waals surface area contributed by atoms with Gasteiger partial charge >= 0.3 is 0 Å². The summed E-state index contributed by atoms with van der Waals surface area (Å²) in [6.07, 6.45) is 1.72. The molecule has 3 rings (SSSR count). The third-order valence-electron chi connectivity index (χ3n) is 3.79. The van der Waals surface area contributed by atoms with E-state index in [0.29, 0.717) is 18.8 Å². The summed E-state index contributed by atoms with van der Waals surface area (Å²) in [6, 6.07) is 13.8. The number of hydrogen-bond donors (Lipinski definition) is 1. The maximum absolute atomic E-state index is 12.6. The third-order valence-corrected chi connectivity index (χ3v) is 5.21. The van der Waals surface area contributed by atoms with E-state index in [1.54, 1.807) is 17.8 Å². The summed E-state index contributed by atoms with van der Waals surface area (Å²) < 4.78 is 1.03. The first kappa shape index (κ1) is 16.5. The SMILES string of the molecule is NC1CCN(C(=O)c2cccc(Sc3cccc(Br)c3)n2)CC1. The molecule has 1 fully saturated rings. The van der Waals surface area contributed by atoms with Crippen molar-refractivity contribution in [2.75, 3.05) is 13.1 Å². The Morgan fingerprint density at radius 3 is 2.70 bits per heavy atom. The molecular formula is C17H18BrN3OS. The quantitative estimate of drug-likeness (QED) is 0.868. The highest BCUT2D eigenvalue weighted by atomic mass is 79.9. The van der Waals surface area contributed by atoms with Crippen LogP contribution in [0, 0.1) is 0 Å². The molecule has 6 heteroatoms. The van der Waals surface area contributed by atoms with Crippen molar-refractivity contribution in [3.8, 4) is 0 Å². The van der Waals surface area contributed by atoms with Gasteiger partial charge in [0.25, 0.3) is 5.91 Å². The van der Waals surface area contributed by atoms with Crippen LogP contribution in [0.1, 0.15) is 23.3 Å². The molecule has 0 aliphatic carbocycles. The molecule has 4 nitrogen and oxygen atoms in total. The summed E-state index contributed by atoms with van der Waals surface area (Å²) in [5, 5.41) is 0.822. The molecule has 0 bridgehead atoms. The molecule has 0 atom stereocenters. The van der Waals surface area contributed by atoms with Crippen molar-refractivity contribution in [3.63, 3.8) is 0 Å². The molecule has 2 N–H and O–H groups in total. The number of benzene rings is 1. The summed E-state index contributed by atoms with van der Waals surface area (Å²) in [5.41, 5.74) is 6.40. The molecule has 0 spiro atoms. The zero-order valence-electron chi connectivity index (χ0n) is 12.6. The van der Waals surface area contributed by atoms with Gasteiger partial charge < -0.3 is 10.6 Å². The molecule has 1 aromatic carbocycles. The fourth-order valence-electron chi connectivity index (χ4n) is 2.51. The van der Waals surface area contributed by atoms with E-state index < -0.39 is 0 Å². The Kier molecular flexibility index (Phi) is 5.35. The maximum atomic E-state index is 12.6. The Balaban J connectivity index is 1.73. The van der Waals surface area contributed by atoms with Crippen LogP contribution in [0.15, 0.2) is 56.9 Å². The molecule has 1 aliphatic heterocycles. The summed E-state index contributed by atoms with van der Waals surface area (Å²) >= 11 is 5.01. The molecule has 1 saturated heterocycles. The monoisotopic (exact) mass is 391 g/mol. The van der Waals surface area contributed by atoms with Crippen molar-refractivity contribution in [2.24, 2.45) is 5.73 Å². The lowest BCUT2D eigenvalue weighted by Gasteiger charge is -2.29. The van der Waals surface area contributed by atoms with Gasteiger partial charge in [-0.05, 0) is 43.2 Å². The highest BCUT2D eigenvalue weighted by molar-refractivity contribution is 9.10. The van der Waals surface area contributed by atoms with Crippen molar-refractivity contribution in [1.29, 1.82) is 0 Å². The number of amides is 1. The Bertz CT molecular complexity index is 702. The molecule has 2 aromatic rings. The second-order valence-corrected chi connectivity index (χ2v) is 7.56. The van der Waals surface area contributed by atoms with Gasteiger partial charge in [0.05, 0.1) is 0 Å². The van der Waals surface area contributed by atoms with Gasteiger partial charge in [-0.25, -0.2) is 4.98 Å². The van der Waals surface area contributed by atoms with Gasteiger partial charge in [0, 0.05) is 28.5 Å². The Morgan fingerprint density at radius 2 is 1.96 bits per heavy atom. The number of pyridine rings is 1. The van der Waals surface area contributed by atoms with Crippen LogP contribution in [0.5, 0.6) is 0 Å². The lowest BCUT2D eigenvalue weighted by molar-refractivity contribution is 0.0708. The van der Waals surface area contributed by atoms with Crippen molar-refractivity contribution >= 4 is 33.6 Å². The van der Waals surface area contributed by atoms with Crippen molar-refractivity contribution < 1.29 is 4.79 Å². The zero-order chi connectivity index (χ0) is 16.2. The largest absolute Gasteiger partial charge is 0.337 e. The zero-order valence-corrected chi connectivity index (χ0v) is 15.0. The Labute approximate surface area is 148 Å². The molecule has 1 amide bonds. The summed E-state index contributed by atoms with van der Waals surface area (Å²) in [6.45, 7) is 1.43. The van der Waals surface area contributed by atoms with E-state index in [9.17, 15) is 4.79 Å². The van der Waals surface area contributed by atoms with E-state index >= 15 is 0 Å². The predicted octanol–water partition coefficient (Wildman–Crippen LogP) is 3.56. The minimum absolute atomic E-state index is 0.00593. The minimum Gasteiger partial charge on any atom is -0.337 e. The number of nitrogens with zero attached hydrogens (tertiary/aromatic N) is 2. The van der Waals surface area contributed by atoms with E-state index in [2.05, 4.69) is 20.9 Å². The van der Waals surface area contributed by atoms with Crippen LogP contribution in [-0.2, 0) is 0 Å². The van der Waals surface area contributed by atoms with Crippen LogP contribution < -0.4 is 5.73 Å². The van der Waals surface area contributed by atoms with Gasteiger partial charge in [-0.1, -0.05) is 39.8 Å². The number of halogens is 1. The van der Waals surface area contributed by atoms with E-state index in [0.717, 1.165) is 27.2 Å². The maximum Gasteiger partial charge on any atom is 0.272 e. The summed E-state index contributed by atoms with van der Waals surface area (Å²) in [7, 11) is 0. The van der Waals surface area contributed by atoms with Gasteiger partial charge in [0.2, 0.25) is 0 Å². The average Bonchev–Trinajstić information content (AvgIpc) is 2.55. The number of carbonyl (C=O) groups is 1. The minimum atomic E-state index is -0.00593. The molecule has 23 heavy (non-hydrogen) atoms. The van der Waals surface area contributed by atoms with Gasteiger partial charge in [-0.2, -0.15) is 0 Å². The summed E-state index contributed by atoms with van der Waals surface area (Å²) in [5.74, 6) is -0.00593. The van der Waals surface area contributed by atoms with Gasteiger partial charge in [-0.3, -0.25) is 4.79 Å². The lowest BCUT2D eigenvalue weighted by Crippen LogP contribution is -2.43.